The van der Waals surface area contributed by atoms with Crippen LogP contribution in [0, 0.1) is 6.92 Å². The summed E-state index contributed by atoms with van der Waals surface area (Å²) in [7, 11) is 0. The number of carboxylic acids is 1. The van der Waals surface area contributed by atoms with Crippen LogP contribution >= 0.6 is 23.1 Å². The molecule has 106 valence electrons. The molecule has 0 saturated heterocycles. The molecule has 3 N–H and O–H groups in total. The van der Waals surface area contributed by atoms with Crippen molar-refractivity contribution in [3.8, 4) is 0 Å². The van der Waals surface area contributed by atoms with Crippen molar-refractivity contribution in [3.63, 3.8) is 0 Å². The number of amides is 2. The van der Waals surface area contributed by atoms with Crippen LogP contribution in [0.3, 0.4) is 0 Å². The van der Waals surface area contributed by atoms with E-state index < -0.39 is 18.0 Å². The molecular weight excluding hydrogens is 284 g/mol. The van der Waals surface area contributed by atoms with Crippen LogP contribution in [-0.2, 0) is 11.3 Å². The fourth-order valence-electron chi connectivity index (χ4n) is 1.45. The standard InChI is InChI=1S/C12H18N2O3S2/c1-8-3-6-19-10(8)7-13-12(17)14-9(11(15)16)4-5-18-2/h3,6,9H,4-5,7H2,1-2H3,(H,15,16)(H2,13,14,17)/t9-/m0/s1. The number of thiophene rings is 1. The SMILES string of the molecule is CSCC[C@H](NC(=O)NCc1sccc1C)C(=O)O. The second-order valence-corrected chi connectivity index (χ2v) is 6.01. The van der Waals surface area contributed by atoms with E-state index in [4.69, 9.17) is 5.11 Å². The first-order valence-electron chi connectivity index (χ1n) is 5.83. The first-order chi connectivity index (χ1) is 9.04. The van der Waals surface area contributed by atoms with Crippen LogP contribution in [0.1, 0.15) is 16.9 Å². The Labute approximate surface area is 120 Å². The van der Waals surface area contributed by atoms with Gasteiger partial charge in [0.05, 0.1) is 6.54 Å². The van der Waals surface area contributed by atoms with Gasteiger partial charge in [-0.3, -0.25) is 0 Å². The fourth-order valence-corrected chi connectivity index (χ4v) is 2.77. The Morgan fingerprint density at radius 1 is 1.53 bits per heavy atom. The smallest absolute Gasteiger partial charge is 0.326 e. The summed E-state index contributed by atoms with van der Waals surface area (Å²) in [6, 6.07) is 0.705. The van der Waals surface area contributed by atoms with E-state index in [0.29, 0.717) is 18.7 Å². The van der Waals surface area contributed by atoms with Gasteiger partial charge in [0.25, 0.3) is 0 Å². The Bertz CT molecular complexity index is 434. The summed E-state index contributed by atoms with van der Waals surface area (Å²) in [6.07, 6.45) is 2.32. The van der Waals surface area contributed by atoms with Gasteiger partial charge in [0, 0.05) is 4.88 Å². The van der Waals surface area contributed by atoms with E-state index in [0.717, 1.165) is 10.4 Å². The number of aliphatic carboxylic acids is 1. The molecule has 1 atom stereocenters. The van der Waals surface area contributed by atoms with Crippen molar-refractivity contribution in [1.82, 2.24) is 10.6 Å². The summed E-state index contributed by atoms with van der Waals surface area (Å²) in [5.41, 5.74) is 1.13. The molecule has 0 spiro atoms. The summed E-state index contributed by atoms with van der Waals surface area (Å²) in [6.45, 7) is 2.40. The third-order valence-corrected chi connectivity index (χ3v) is 4.26. The van der Waals surface area contributed by atoms with Crippen molar-refractivity contribution in [2.24, 2.45) is 0 Å². The van der Waals surface area contributed by atoms with Gasteiger partial charge in [0.2, 0.25) is 0 Å². The molecule has 19 heavy (non-hydrogen) atoms. The Morgan fingerprint density at radius 2 is 2.26 bits per heavy atom. The molecule has 1 aromatic heterocycles. The number of nitrogens with one attached hydrogen (secondary N) is 2. The lowest BCUT2D eigenvalue weighted by molar-refractivity contribution is -0.139. The third kappa shape index (κ3) is 5.52. The van der Waals surface area contributed by atoms with Crippen LogP contribution in [0.25, 0.3) is 0 Å². The molecule has 0 aliphatic carbocycles. The van der Waals surface area contributed by atoms with E-state index in [9.17, 15) is 9.59 Å². The van der Waals surface area contributed by atoms with Crippen molar-refractivity contribution < 1.29 is 14.7 Å². The summed E-state index contributed by atoms with van der Waals surface area (Å²) in [5, 5.41) is 16.1. The summed E-state index contributed by atoms with van der Waals surface area (Å²) in [4.78, 5) is 23.7. The van der Waals surface area contributed by atoms with Crippen molar-refractivity contribution in [2.75, 3.05) is 12.0 Å². The van der Waals surface area contributed by atoms with Gasteiger partial charge in [-0.05, 0) is 42.4 Å². The predicted octanol–water partition coefficient (Wildman–Crippen LogP) is 2.06. The second kappa shape index (κ2) is 8.06. The highest BCUT2D eigenvalue weighted by Crippen LogP contribution is 2.14. The Balaban J connectivity index is 2.40. The maximum Gasteiger partial charge on any atom is 0.326 e. The normalized spacial score (nSPS) is 11.9. The number of carboxylic acid groups (broad SMARTS) is 1. The molecular formula is C12H18N2O3S2. The molecule has 0 aromatic carbocycles. The molecule has 0 fully saturated rings. The lowest BCUT2D eigenvalue weighted by Crippen LogP contribution is -2.46. The van der Waals surface area contributed by atoms with Crippen LogP contribution in [0.2, 0.25) is 0 Å². The minimum Gasteiger partial charge on any atom is -0.480 e. The van der Waals surface area contributed by atoms with Gasteiger partial charge in [0.1, 0.15) is 6.04 Å². The molecule has 0 bridgehead atoms. The number of carbonyl (C=O) groups excluding carboxylic acids is 1. The summed E-state index contributed by atoms with van der Waals surface area (Å²) < 4.78 is 0. The molecule has 0 aliphatic rings. The first kappa shape index (κ1) is 15.8. The second-order valence-electron chi connectivity index (χ2n) is 4.03. The predicted molar refractivity (Wildman–Crippen MR) is 78.9 cm³/mol. The van der Waals surface area contributed by atoms with E-state index in [-0.39, 0.29) is 0 Å². The zero-order valence-electron chi connectivity index (χ0n) is 10.9. The van der Waals surface area contributed by atoms with Crippen LogP contribution in [0.15, 0.2) is 11.4 Å². The Hall–Kier alpha value is -1.21. The van der Waals surface area contributed by atoms with Crippen LogP contribution in [0.4, 0.5) is 4.79 Å². The molecule has 2 amide bonds. The van der Waals surface area contributed by atoms with Crippen LogP contribution in [-0.4, -0.2) is 35.2 Å². The van der Waals surface area contributed by atoms with Gasteiger partial charge >= 0.3 is 12.0 Å². The Kier molecular flexibility index (Phi) is 6.72. The largest absolute Gasteiger partial charge is 0.480 e. The van der Waals surface area contributed by atoms with E-state index >= 15 is 0 Å². The maximum atomic E-state index is 11.6. The van der Waals surface area contributed by atoms with Gasteiger partial charge in [-0.2, -0.15) is 11.8 Å². The molecule has 0 radical (unpaired) electrons. The lowest BCUT2D eigenvalue weighted by atomic mass is 10.2. The lowest BCUT2D eigenvalue weighted by Gasteiger charge is -2.14. The molecule has 1 heterocycles. The number of carbonyl (C=O) groups is 2. The van der Waals surface area contributed by atoms with Gasteiger partial charge in [-0.25, -0.2) is 9.59 Å². The number of hydrogen-bond donors (Lipinski definition) is 3. The topological polar surface area (TPSA) is 78.4 Å². The average molecular weight is 302 g/mol. The van der Waals surface area contributed by atoms with Crippen LogP contribution in [0.5, 0.6) is 0 Å². The Morgan fingerprint density at radius 3 is 2.79 bits per heavy atom. The average Bonchev–Trinajstić information content (AvgIpc) is 2.77. The minimum atomic E-state index is -1.00. The van der Waals surface area contributed by atoms with Gasteiger partial charge in [0.15, 0.2) is 0 Å². The molecule has 1 aromatic rings. The quantitative estimate of drug-likeness (QED) is 0.720. The van der Waals surface area contributed by atoms with Crippen molar-refractivity contribution in [3.05, 3.63) is 21.9 Å². The molecule has 7 heteroatoms. The molecule has 1 rings (SSSR count). The highest BCUT2D eigenvalue weighted by Gasteiger charge is 2.19. The maximum absolute atomic E-state index is 11.6. The van der Waals surface area contributed by atoms with E-state index in [1.165, 1.54) is 0 Å². The number of hydrogen-bond acceptors (Lipinski definition) is 4. The van der Waals surface area contributed by atoms with E-state index in [2.05, 4.69) is 10.6 Å². The third-order valence-electron chi connectivity index (χ3n) is 2.59. The van der Waals surface area contributed by atoms with Gasteiger partial charge in [-0.1, -0.05) is 0 Å². The van der Waals surface area contributed by atoms with Crippen molar-refractivity contribution in [1.29, 1.82) is 0 Å². The molecule has 5 nitrogen and oxygen atoms in total. The summed E-state index contributed by atoms with van der Waals surface area (Å²) >= 11 is 3.12. The number of aryl methyl sites for hydroxylation is 1. The number of urea groups is 1. The molecule has 0 aliphatic heterocycles. The summed E-state index contributed by atoms with van der Waals surface area (Å²) in [5.74, 6) is -0.308. The highest BCUT2D eigenvalue weighted by atomic mass is 32.2. The van der Waals surface area contributed by atoms with Gasteiger partial charge < -0.3 is 15.7 Å². The van der Waals surface area contributed by atoms with Crippen molar-refractivity contribution in [2.45, 2.75) is 25.9 Å². The first-order valence-corrected chi connectivity index (χ1v) is 8.11. The van der Waals surface area contributed by atoms with Crippen LogP contribution < -0.4 is 10.6 Å². The van der Waals surface area contributed by atoms with Gasteiger partial charge in [-0.15, -0.1) is 11.3 Å². The minimum absolute atomic E-state index is 0.419. The highest BCUT2D eigenvalue weighted by molar-refractivity contribution is 7.98. The monoisotopic (exact) mass is 302 g/mol. The fraction of sp³-hybridized carbons (Fsp3) is 0.500. The van der Waals surface area contributed by atoms with E-state index in [1.54, 1.807) is 23.1 Å². The van der Waals surface area contributed by atoms with Crippen molar-refractivity contribution >= 4 is 35.1 Å². The zero-order valence-corrected chi connectivity index (χ0v) is 12.6. The molecule has 0 unspecified atom stereocenters. The zero-order chi connectivity index (χ0) is 14.3. The molecule has 0 saturated carbocycles. The number of rotatable bonds is 7. The number of thioether (sulfide) groups is 1. The van der Waals surface area contributed by atoms with E-state index in [1.807, 2.05) is 24.6 Å².